The first-order valence-electron chi connectivity index (χ1n) is 7.55. The average molecular weight is 271 g/mol. The lowest BCUT2D eigenvalue weighted by Crippen LogP contribution is -2.36. The largest absolute Gasteiger partial charge is 0.396 e. The Morgan fingerprint density at radius 1 is 1.32 bits per heavy atom. The van der Waals surface area contributed by atoms with E-state index in [1.165, 1.54) is 19.3 Å². The number of aliphatic hydroxyl groups excluding tert-OH is 1. The highest BCUT2D eigenvalue weighted by molar-refractivity contribution is 5.76. The van der Waals surface area contributed by atoms with Crippen molar-refractivity contribution < 1.29 is 14.6 Å². The first-order chi connectivity index (χ1) is 9.17. The normalized spacial score (nSPS) is 23.0. The van der Waals surface area contributed by atoms with Crippen LogP contribution in [0.2, 0.25) is 0 Å². The van der Waals surface area contributed by atoms with Crippen molar-refractivity contribution in [2.75, 3.05) is 33.4 Å². The molecule has 1 rings (SSSR count). The van der Waals surface area contributed by atoms with Gasteiger partial charge in [-0.2, -0.15) is 0 Å². The molecule has 1 saturated heterocycles. The van der Waals surface area contributed by atoms with Crippen LogP contribution in [0.25, 0.3) is 0 Å². The summed E-state index contributed by atoms with van der Waals surface area (Å²) in [4.78, 5) is 14.0. The quantitative estimate of drug-likeness (QED) is 0.654. The van der Waals surface area contributed by atoms with Crippen LogP contribution >= 0.6 is 0 Å². The Balaban J connectivity index is 2.27. The lowest BCUT2D eigenvalue weighted by Gasteiger charge is -2.26. The van der Waals surface area contributed by atoms with Crippen molar-refractivity contribution in [1.29, 1.82) is 0 Å². The van der Waals surface area contributed by atoms with Gasteiger partial charge >= 0.3 is 0 Å². The minimum atomic E-state index is -0.230. The number of unbranched alkanes of at least 4 members (excludes halogenated alkanes) is 4. The molecule has 0 spiro atoms. The third-order valence-corrected chi connectivity index (χ3v) is 4.07. The highest BCUT2D eigenvalue weighted by Crippen LogP contribution is 2.30. The Labute approximate surface area is 117 Å². The highest BCUT2D eigenvalue weighted by atomic mass is 16.5. The lowest BCUT2D eigenvalue weighted by atomic mass is 9.89. The van der Waals surface area contributed by atoms with Crippen LogP contribution in [-0.4, -0.2) is 49.3 Å². The first-order valence-corrected chi connectivity index (χ1v) is 7.55. The Morgan fingerprint density at radius 3 is 2.68 bits per heavy atom. The molecule has 1 N–H and O–H groups in total. The van der Waals surface area contributed by atoms with Gasteiger partial charge in [-0.3, -0.25) is 4.79 Å². The van der Waals surface area contributed by atoms with Gasteiger partial charge in [0, 0.05) is 32.0 Å². The van der Waals surface area contributed by atoms with E-state index < -0.39 is 0 Å². The molecule has 0 bridgehead atoms. The molecule has 0 aromatic heterocycles. The van der Waals surface area contributed by atoms with Crippen LogP contribution in [0.3, 0.4) is 0 Å². The third-order valence-electron chi connectivity index (χ3n) is 4.07. The lowest BCUT2D eigenvalue weighted by molar-refractivity contribution is -0.131. The van der Waals surface area contributed by atoms with Gasteiger partial charge in [-0.25, -0.2) is 0 Å². The molecular weight excluding hydrogens is 242 g/mol. The van der Waals surface area contributed by atoms with E-state index in [4.69, 9.17) is 4.74 Å². The fourth-order valence-corrected chi connectivity index (χ4v) is 2.78. The molecule has 0 radical (unpaired) electrons. The molecule has 0 aromatic carbocycles. The molecule has 1 fully saturated rings. The maximum absolute atomic E-state index is 12.1. The number of ether oxygens (including phenoxy) is 1. The van der Waals surface area contributed by atoms with Crippen molar-refractivity contribution in [2.24, 2.45) is 5.41 Å². The second kappa shape index (κ2) is 8.54. The summed E-state index contributed by atoms with van der Waals surface area (Å²) in [5, 5.41) is 9.50. The van der Waals surface area contributed by atoms with Crippen LogP contribution < -0.4 is 0 Å². The minimum absolute atomic E-state index is 0.0983. The Morgan fingerprint density at radius 2 is 2.05 bits per heavy atom. The van der Waals surface area contributed by atoms with Gasteiger partial charge in [-0.05, 0) is 12.8 Å². The monoisotopic (exact) mass is 271 g/mol. The molecule has 1 aliphatic rings. The third kappa shape index (κ3) is 5.11. The summed E-state index contributed by atoms with van der Waals surface area (Å²) >= 11 is 0. The van der Waals surface area contributed by atoms with Gasteiger partial charge in [0.1, 0.15) is 0 Å². The van der Waals surface area contributed by atoms with Crippen molar-refractivity contribution in [1.82, 2.24) is 4.90 Å². The molecule has 1 heterocycles. The number of amides is 1. The van der Waals surface area contributed by atoms with E-state index in [0.29, 0.717) is 19.6 Å². The molecule has 0 aliphatic carbocycles. The summed E-state index contributed by atoms with van der Waals surface area (Å²) in [6, 6.07) is 0. The smallest absolute Gasteiger partial charge is 0.222 e. The van der Waals surface area contributed by atoms with Gasteiger partial charge in [0.2, 0.25) is 5.91 Å². The molecule has 19 heavy (non-hydrogen) atoms. The van der Waals surface area contributed by atoms with E-state index in [9.17, 15) is 9.90 Å². The van der Waals surface area contributed by atoms with Gasteiger partial charge in [0.15, 0.2) is 0 Å². The van der Waals surface area contributed by atoms with Gasteiger partial charge in [-0.1, -0.05) is 32.6 Å². The maximum atomic E-state index is 12.1. The molecular formula is C15H29NO3. The van der Waals surface area contributed by atoms with Crippen LogP contribution in [0.15, 0.2) is 0 Å². The van der Waals surface area contributed by atoms with Crippen LogP contribution in [-0.2, 0) is 9.53 Å². The van der Waals surface area contributed by atoms with Crippen molar-refractivity contribution >= 4 is 5.91 Å². The van der Waals surface area contributed by atoms with Crippen molar-refractivity contribution in [3.05, 3.63) is 0 Å². The van der Waals surface area contributed by atoms with E-state index >= 15 is 0 Å². The van der Waals surface area contributed by atoms with Crippen molar-refractivity contribution in [3.63, 3.8) is 0 Å². The summed E-state index contributed by atoms with van der Waals surface area (Å²) in [5.74, 6) is 0.239. The Hall–Kier alpha value is -0.610. The summed E-state index contributed by atoms with van der Waals surface area (Å²) in [6.45, 7) is 4.23. The highest BCUT2D eigenvalue weighted by Gasteiger charge is 2.39. The van der Waals surface area contributed by atoms with Crippen LogP contribution in [0, 0.1) is 5.41 Å². The number of hydrogen-bond acceptors (Lipinski definition) is 3. The van der Waals surface area contributed by atoms with Crippen LogP contribution in [0.5, 0.6) is 0 Å². The number of likely N-dealkylation sites (tertiary alicyclic amines) is 1. The fraction of sp³-hybridized carbons (Fsp3) is 0.933. The van der Waals surface area contributed by atoms with Crippen LogP contribution in [0.4, 0.5) is 0 Å². The summed E-state index contributed by atoms with van der Waals surface area (Å²) in [7, 11) is 1.65. The molecule has 1 amide bonds. The van der Waals surface area contributed by atoms with Gasteiger partial charge in [-0.15, -0.1) is 0 Å². The summed E-state index contributed by atoms with van der Waals surface area (Å²) in [6.07, 6.45) is 7.36. The van der Waals surface area contributed by atoms with Crippen molar-refractivity contribution in [3.8, 4) is 0 Å². The number of rotatable bonds is 9. The van der Waals surface area contributed by atoms with E-state index in [0.717, 1.165) is 25.8 Å². The van der Waals surface area contributed by atoms with E-state index in [2.05, 4.69) is 6.92 Å². The van der Waals surface area contributed by atoms with E-state index in [1.807, 2.05) is 4.90 Å². The van der Waals surface area contributed by atoms with Crippen molar-refractivity contribution in [2.45, 2.75) is 51.9 Å². The number of carbonyl (C=O) groups excluding carboxylic acids is 1. The maximum Gasteiger partial charge on any atom is 0.222 e. The van der Waals surface area contributed by atoms with Crippen LogP contribution in [0.1, 0.15) is 51.9 Å². The second-order valence-electron chi connectivity index (χ2n) is 5.82. The summed E-state index contributed by atoms with van der Waals surface area (Å²) < 4.78 is 5.18. The molecule has 4 heteroatoms. The predicted molar refractivity (Wildman–Crippen MR) is 76.0 cm³/mol. The molecule has 0 saturated carbocycles. The number of hydrogen-bond donors (Lipinski definition) is 1. The predicted octanol–water partition coefficient (Wildman–Crippen LogP) is 2.20. The molecule has 0 unspecified atom stereocenters. The number of methoxy groups -OCH3 is 1. The average Bonchev–Trinajstić information content (AvgIpc) is 2.84. The molecule has 0 aromatic rings. The summed E-state index contributed by atoms with van der Waals surface area (Å²) in [5.41, 5.74) is -0.230. The SMILES string of the molecule is CCCCCCCC(=O)N1CC[C@@](CO)(COC)C1. The van der Waals surface area contributed by atoms with Gasteiger partial charge < -0.3 is 14.7 Å². The first kappa shape index (κ1) is 16.4. The van der Waals surface area contributed by atoms with E-state index in [1.54, 1.807) is 7.11 Å². The molecule has 1 atom stereocenters. The minimum Gasteiger partial charge on any atom is -0.396 e. The van der Waals surface area contributed by atoms with E-state index in [-0.39, 0.29) is 17.9 Å². The number of carbonyl (C=O) groups is 1. The zero-order chi connectivity index (χ0) is 14.1. The van der Waals surface area contributed by atoms with Gasteiger partial charge in [0.05, 0.1) is 13.2 Å². The number of nitrogens with zero attached hydrogens (tertiary/aromatic N) is 1. The van der Waals surface area contributed by atoms with Gasteiger partial charge in [0.25, 0.3) is 0 Å². The zero-order valence-corrected chi connectivity index (χ0v) is 12.5. The number of aliphatic hydroxyl groups is 1. The molecule has 112 valence electrons. The Bertz CT molecular complexity index is 270. The molecule has 1 aliphatic heterocycles. The molecule has 4 nitrogen and oxygen atoms in total. The standard InChI is InChI=1S/C15H29NO3/c1-3-4-5-6-7-8-14(18)16-10-9-15(11-16,12-17)13-19-2/h17H,3-13H2,1-2H3/t15-/m1/s1. The fourth-order valence-electron chi connectivity index (χ4n) is 2.78. The second-order valence-corrected chi connectivity index (χ2v) is 5.82. The topological polar surface area (TPSA) is 49.8 Å². The zero-order valence-electron chi connectivity index (χ0n) is 12.5. The Kier molecular flexibility index (Phi) is 7.39.